The van der Waals surface area contributed by atoms with Crippen LogP contribution < -0.4 is 5.32 Å². The van der Waals surface area contributed by atoms with Crippen LogP contribution in [0.5, 0.6) is 0 Å². The van der Waals surface area contributed by atoms with E-state index in [1.54, 1.807) is 0 Å². The maximum absolute atomic E-state index is 3.57. The van der Waals surface area contributed by atoms with Crippen molar-refractivity contribution in [2.45, 2.75) is 39.5 Å². The second-order valence-corrected chi connectivity index (χ2v) is 4.82. The van der Waals surface area contributed by atoms with Gasteiger partial charge < -0.3 is 5.32 Å². The van der Waals surface area contributed by atoms with Gasteiger partial charge in [0, 0.05) is 6.54 Å². The fraction of sp³-hybridized carbons (Fsp3) is 1.00. The van der Waals surface area contributed by atoms with E-state index in [9.17, 15) is 0 Å². The van der Waals surface area contributed by atoms with E-state index in [1.165, 1.54) is 38.8 Å². The number of hydrogen-bond acceptors (Lipinski definition) is 1. The zero-order chi connectivity index (χ0) is 8.60. The van der Waals surface area contributed by atoms with Crippen LogP contribution in [-0.4, -0.2) is 13.1 Å². The van der Waals surface area contributed by atoms with E-state index in [1.807, 2.05) is 0 Å². The van der Waals surface area contributed by atoms with Crippen molar-refractivity contribution in [3.8, 4) is 0 Å². The molecule has 1 saturated heterocycles. The van der Waals surface area contributed by atoms with Crippen LogP contribution >= 0.6 is 0 Å². The lowest BCUT2D eigenvalue weighted by molar-refractivity contribution is 0.157. The molecule has 0 aromatic carbocycles. The Kier molecular flexibility index (Phi) is 2.16. The van der Waals surface area contributed by atoms with Gasteiger partial charge in [0.05, 0.1) is 0 Å². The van der Waals surface area contributed by atoms with Crippen LogP contribution in [-0.2, 0) is 0 Å². The van der Waals surface area contributed by atoms with Crippen LogP contribution in [0.4, 0.5) is 0 Å². The molecular weight excluding hydrogens is 146 g/mol. The minimum Gasteiger partial charge on any atom is -0.316 e. The van der Waals surface area contributed by atoms with E-state index < -0.39 is 0 Å². The average Bonchev–Trinajstić information content (AvgIpc) is 2.85. The summed E-state index contributed by atoms with van der Waals surface area (Å²) in [5.74, 6) is 2.07. The maximum atomic E-state index is 3.57. The van der Waals surface area contributed by atoms with Crippen molar-refractivity contribution in [1.29, 1.82) is 0 Å². The lowest BCUT2D eigenvalue weighted by Crippen LogP contribution is -2.41. The van der Waals surface area contributed by atoms with Gasteiger partial charge in [-0.3, -0.25) is 0 Å². The number of rotatable bonds is 2. The first-order valence-electron chi connectivity index (χ1n) is 5.49. The summed E-state index contributed by atoms with van der Waals surface area (Å²) in [5, 5.41) is 3.57. The van der Waals surface area contributed by atoms with Gasteiger partial charge in [0.1, 0.15) is 0 Å². The molecule has 1 aliphatic heterocycles. The molecule has 1 saturated carbocycles. The summed E-state index contributed by atoms with van der Waals surface area (Å²) in [6.07, 6.45) is 5.76. The number of nitrogens with one attached hydrogen (secondary N) is 1. The summed E-state index contributed by atoms with van der Waals surface area (Å²) >= 11 is 0. The molecule has 2 fully saturated rings. The van der Waals surface area contributed by atoms with Gasteiger partial charge in [0.15, 0.2) is 0 Å². The van der Waals surface area contributed by atoms with Crippen molar-refractivity contribution in [3.63, 3.8) is 0 Å². The summed E-state index contributed by atoms with van der Waals surface area (Å²) in [4.78, 5) is 0. The summed E-state index contributed by atoms with van der Waals surface area (Å²) in [6.45, 7) is 7.33. The fourth-order valence-electron chi connectivity index (χ4n) is 3.05. The van der Waals surface area contributed by atoms with Crippen molar-refractivity contribution >= 4 is 0 Å². The maximum Gasteiger partial charge on any atom is 0.00105 e. The Morgan fingerprint density at radius 2 is 2.25 bits per heavy atom. The Bertz CT molecular complexity index is 158. The Morgan fingerprint density at radius 1 is 1.50 bits per heavy atom. The molecule has 0 aromatic heterocycles. The van der Waals surface area contributed by atoms with Crippen molar-refractivity contribution in [2.24, 2.45) is 17.3 Å². The molecule has 2 aliphatic rings. The monoisotopic (exact) mass is 167 g/mol. The molecule has 1 nitrogen and oxygen atoms in total. The highest BCUT2D eigenvalue weighted by molar-refractivity contribution is 5.00. The molecule has 0 amide bonds. The molecule has 3 unspecified atom stereocenters. The van der Waals surface area contributed by atoms with E-state index in [0.29, 0.717) is 5.41 Å². The van der Waals surface area contributed by atoms with Crippen molar-refractivity contribution in [2.75, 3.05) is 13.1 Å². The van der Waals surface area contributed by atoms with Crippen molar-refractivity contribution in [3.05, 3.63) is 0 Å². The van der Waals surface area contributed by atoms with Gasteiger partial charge in [-0.15, -0.1) is 0 Å². The third kappa shape index (κ3) is 1.28. The second kappa shape index (κ2) is 3.02. The molecule has 3 atom stereocenters. The Balaban J connectivity index is 2.02. The van der Waals surface area contributed by atoms with Gasteiger partial charge in [0.25, 0.3) is 0 Å². The number of piperidine rings is 1. The minimum atomic E-state index is 0.692. The summed E-state index contributed by atoms with van der Waals surface area (Å²) in [6, 6.07) is 0. The third-order valence-electron chi connectivity index (χ3n) is 4.11. The van der Waals surface area contributed by atoms with Crippen molar-refractivity contribution < 1.29 is 0 Å². The lowest BCUT2D eigenvalue weighted by Gasteiger charge is -2.37. The zero-order valence-electron chi connectivity index (χ0n) is 8.40. The molecule has 0 spiro atoms. The molecule has 2 rings (SSSR count). The highest BCUT2D eigenvalue weighted by atomic mass is 14.9. The van der Waals surface area contributed by atoms with Crippen LogP contribution in [0.2, 0.25) is 0 Å². The molecule has 70 valence electrons. The molecule has 1 aliphatic carbocycles. The van der Waals surface area contributed by atoms with E-state index >= 15 is 0 Å². The SMILES string of the molecule is CCC1(C2CC2C)CCCNC1. The quantitative estimate of drug-likeness (QED) is 0.666. The average molecular weight is 167 g/mol. The van der Waals surface area contributed by atoms with Gasteiger partial charge in [-0.05, 0) is 49.5 Å². The van der Waals surface area contributed by atoms with Gasteiger partial charge in [-0.2, -0.15) is 0 Å². The summed E-state index contributed by atoms with van der Waals surface area (Å²) in [5.41, 5.74) is 0.692. The third-order valence-corrected chi connectivity index (χ3v) is 4.11. The van der Waals surface area contributed by atoms with Crippen LogP contribution in [0, 0.1) is 17.3 Å². The Hall–Kier alpha value is -0.0400. The topological polar surface area (TPSA) is 12.0 Å². The molecule has 1 heterocycles. The van der Waals surface area contributed by atoms with Gasteiger partial charge in [0.2, 0.25) is 0 Å². The number of hydrogen-bond donors (Lipinski definition) is 1. The molecule has 0 bridgehead atoms. The predicted molar refractivity (Wildman–Crippen MR) is 52.1 cm³/mol. The van der Waals surface area contributed by atoms with Gasteiger partial charge in [-0.1, -0.05) is 13.8 Å². The molecule has 0 radical (unpaired) electrons. The molecule has 1 N–H and O–H groups in total. The molecule has 12 heavy (non-hydrogen) atoms. The van der Waals surface area contributed by atoms with E-state index in [2.05, 4.69) is 19.2 Å². The minimum absolute atomic E-state index is 0.692. The van der Waals surface area contributed by atoms with Crippen molar-refractivity contribution in [1.82, 2.24) is 5.32 Å². The van der Waals surface area contributed by atoms with Crippen LogP contribution in [0.15, 0.2) is 0 Å². The molecule has 0 aromatic rings. The fourth-order valence-corrected chi connectivity index (χ4v) is 3.05. The summed E-state index contributed by atoms with van der Waals surface area (Å²) < 4.78 is 0. The van der Waals surface area contributed by atoms with Crippen LogP contribution in [0.3, 0.4) is 0 Å². The normalized spacial score (nSPS) is 47.5. The highest BCUT2D eigenvalue weighted by Gasteiger charge is 2.49. The van der Waals surface area contributed by atoms with Gasteiger partial charge >= 0.3 is 0 Å². The Morgan fingerprint density at radius 3 is 2.67 bits per heavy atom. The van der Waals surface area contributed by atoms with Crippen LogP contribution in [0.1, 0.15) is 39.5 Å². The van der Waals surface area contributed by atoms with Gasteiger partial charge in [-0.25, -0.2) is 0 Å². The first-order chi connectivity index (χ1) is 5.78. The zero-order valence-corrected chi connectivity index (χ0v) is 8.40. The predicted octanol–water partition coefficient (Wildman–Crippen LogP) is 2.42. The highest BCUT2D eigenvalue weighted by Crippen LogP contribution is 2.55. The Labute approximate surface area is 75.9 Å². The van der Waals surface area contributed by atoms with E-state index in [-0.39, 0.29) is 0 Å². The first kappa shape index (κ1) is 8.55. The first-order valence-corrected chi connectivity index (χ1v) is 5.49. The smallest absolute Gasteiger partial charge is 0.00105 e. The largest absolute Gasteiger partial charge is 0.316 e. The van der Waals surface area contributed by atoms with Crippen LogP contribution in [0.25, 0.3) is 0 Å². The standard InChI is InChI=1S/C11H21N/c1-3-11(10-7-9(10)2)5-4-6-12-8-11/h9-10,12H,3-8H2,1-2H3. The molecular formula is C11H21N. The lowest BCUT2D eigenvalue weighted by atomic mass is 9.73. The summed E-state index contributed by atoms with van der Waals surface area (Å²) in [7, 11) is 0. The second-order valence-electron chi connectivity index (χ2n) is 4.82. The van der Waals surface area contributed by atoms with E-state index in [4.69, 9.17) is 0 Å². The molecule has 1 heteroatoms. The van der Waals surface area contributed by atoms with E-state index in [0.717, 1.165) is 11.8 Å².